The predicted octanol–water partition coefficient (Wildman–Crippen LogP) is -0.281. The van der Waals surface area contributed by atoms with Gasteiger partial charge < -0.3 is 11.1 Å². The summed E-state index contributed by atoms with van der Waals surface area (Å²) in [5, 5.41) is 3.18. The first kappa shape index (κ1) is 5.79. The summed E-state index contributed by atoms with van der Waals surface area (Å²) in [6.07, 6.45) is 1.92. The van der Waals surface area contributed by atoms with Gasteiger partial charge in [-0.2, -0.15) is 0 Å². The van der Waals surface area contributed by atoms with Gasteiger partial charge in [0.1, 0.15) is 0 Å². The highest BCUT2D eigenvalue weighted by atomic mass is 15.0. The molecule has 1 fully saturated rings. The fraction of sp³-hybridized carbons (Fsp3) is 0.667. The summed E-state index contributed by atoms with van der Waals surface area (Å²) in [5.41, 5.74) is 5.66. The molecule has 0 saturated carbocycles. The fourth-order valence-corrected chi connectivity index (χ4v) is 0.978. The molecule has 1 aliphatic heterocycles. The second kappa shape index (κ2) is 2.29. The molecule has 1 aliphatic rings. The van der Waals surface area contributed by atoms with Gasteiger partial charge in [-0.05, 0) is 0 Å². The van der Waals surface area contributed by atoms with Crippen LogP contribution in [0.1, 0.15) is 0 Å². The summed E-state index contributed by atoms with van der Waals surface area (Å²) in [6, 6.07) is 0.299. The normalized spacial score (nSPS) is 37.6. The zero-order valence-electron chi connectivity index (χ0n) is 4.93. The van der Waals surface area contributed by atoms with Crippen LogP contribution in [0.3, 0.4) is 0 Å². The SMILES string of the molecule is C=C[C@H]1CNC[C@H]1N. The number of nitrogens with two attached hydrogens (primary N) is 1. The first-order valence-electron chi connectivity index (χ1n) is 2.93. The minimum atomic E-state index is 0.299. The Bertz CT molecular complexity index is 90.5. The summed E-state index contributed by atoms with van der Waals surface area (Å²) in [4.78, 5) is 0. The van der Waals surface area contributed by atoms with Gasteiger partial charge in [-0.25, -0.2) is 0 Å². The van der Waals surface area contributed by atoms with Gasteiger partial charge in [0.2, 0.25) is 0 Å². The largest absolute Gasteiger partial charge is 0.326 e. The first-order chi connectivity index (χ1) is 3.84. The van der Waals surface area contributed by atoms with Crippen LogP contribution >= 0.6 is 0 Å². The van der Waals surface area contributed by atoms with Crippen molar-refractivity contribution in [3.63, 3.8) is 0 Å². The minimum absolute atomic E-state index is 0.299. The van der Waals surface area contributed by atoms with Gasteiger partial charge in [0.25, 0.3) is 0 Å². The molecule has 0 aliphatic carbocycles. The molecule has 2 heteroatoms. The summed E-state index contributed by atoms with van der Waals surface area (Å²) < 4.78 is 0. The van der Waals surface area contributed by atoms with Crippen LogP contribution in [0.2, 0.25) is 0 Å². The van der Waals surface area contributed by atoms with Gasteiger partial charge in [-0.1, -0.05) is 6.08 Å². The second-order valence-corrected chi connectivity index (χ2v) is 2.22. The lowest BCUT2D eigenvalue weighted by Crippen LogP contribution is -2.27. The highest BCUT2D eigenvalue weighted by Gasteiger charge is 2.19. The summed E-state index contributed by atoms with van der Waals surface area (Å²) in [6.45, 7) is 5.62. The standard InChI is InChI=1S/C6H12N2/c1-2-5-3-8-4-6(5)7/h2,5-6,8H,1,3-4,7H2/t5-,6+/m0/s1. The first-order valence-corrected chi connectivity index (χ1v) is 2.93. The minimum Gasteiger partial charge on any atom is -0.326 e. The van der Waals surface area contributed by atoms with Crippen molar-refractivity contribution in [3.8, 4) is 0 Å². The molecule has 0 unspecified atom stereocenters. The molecule has 8 heavy (non-hydrogen) atoms. The van der Waals surface area contributed by atoms with Crippen molar-refractivity contribution >= 4 is 0 Å². The molecule has 46 valence electrons. The number of rotatable bonds is 1. The van der Waals surface area contributed by atoms with Crippen molar-refractivity contribution in [1.82, 2.24) is 5.32 Å². The molecule has 0 bridgehead atoms. The van der Waals surface area contributed by atoms with Crippen molar-refractivity contribution in [2.24, 2.45) is 11.7 Å². The second-order valence-electron chi connectivity index (χ2n) is 2.22. The monoisotopic (exact) mass is 112 g/mol. The highest BCUT2D eigenvalue weighted by molar-refractivity contribution is 4.94. The van der Waals surface area contributed by atoms with Crippen molar-refractivity contribution < 1.29 is 0 Å². The predicted molar refractivity (Wildman–Crippen MR) is 34.5 cm³/mol. The highest BCUT2D eigenvalue weighted by Crippen LogP contribution is 2.05. The van der Waals surface area contributed by atoms with E-state index in [-0.39, 0.29) is 0 Å². The van der Waals surface area contributed by atoms with E-state index in [1.807, 2.05) is 6.08 Å². The molecule has 1 saturated heterocycles. The van der Waals surface area contributed by atoms with E-state index >= 15 is 0 Å². The topological polar surface area (TPSA) is 38.0 Å². The third kappa shape index (κ3) is 0.904. The molecule has 0 spiro atoms. The quantitative estimate of drug-likeness (QED) is 0.458. The average molecular weight is 112 g/mol. The Morgan fingerprint density at radius 2 is 2.38 bits per heavy atom. The maximum absolute atomic E-state index is 5.66. The van der Waals surface area contributed by atoms with E-state index in [2.05, 4.69) is 11.9 Å². The maximum atomic E-state index is 5.66. The third-order valence-electron chi connectivity index (χ3n) is 1.61. The van der Waals surface area contributed by atoms with Crippen LogP contribution in [0.5, 0.6) is 0 Å². The molecule has 0 aromatic heterocycles. The molecular weight excluding hydrogens is 100 g/mol. The van der Waals surface area contributed by atoms with E-state index in [9.17, 15) is 0 Å². The molecular formula is C6H12N2. The molecule has 0 amide bonds. The van der Waals surface area contributed by atoms with Crippen LogP contribution in [-0.4, -0.2) is 19.1 Å². The Kier molecular flexibility index (Phi) is 1.65. The van der Waals surface area contributed by atoms with Crippen LogP contribution in [0.15, 0.2) is 12.7 Å². The van der Waals surface area contributed by atoms with E-state index in [0.717, 1.165) is 13.1 Å². The summed E-state index contributed by atoms with van der Waals surface area (Å²) in [7, 11) is 0. The number of hydrogen-bond acceptors (Lipinski definition) is 2. The lowest BCUT2D eigenvalue weighted by Gasteiger charge is -2.05. The van der Waals surface area contributed by atoms with E-state index in [1.54, 1.807) is 0 Å². The molecule has 0 radical (unpaired) electrons. The van der Waals surface area contributed by atoms with Crippen LogP contribution < -0.4 is 11.1 Å². The smallest absolute Gasteiger partial charge is 0.0241 e. The van der Waals surface area contributed by atoms with Gasteiger partial charge >= 0.3 is 0 Å². The zero-order valence-corrected chi connectivity index (χ0v) is 4.93. The lowest BCUT2D eigenvalue weighted by molar-refractivity contribution is 0.624. The van der Waals surface area contributed by atoms with E-state index in [4.69, 9.17) is 5.73 Å². The summed E-state index contributed by atoms with van der Waals surface area (Å²) in [5.74, 6) is 0.495. The molecule has 0 aromatic rings. The number of nitrogens with one attached hydrogen (secondary N) is 1. The molecule has 0 aromatic carbocycles. The van der Waals surface area contributed by atoms with Crippen molar-refractivity contribution in [2.75, 3.05) is 13.1 Å². The molecule has 2 atom stereocenters. The van der Waals surface area contributed by atoms with Crippen molar-refractivity contribution in [2.45, 2.75) is 6.04 Å². The van der Waals surface area contributed by atoms with Crippen LogP contribution in [0.25, 0.3) is 0 Å². The van der Waals surface area contributed by atoms with Gasteiger partial charge in [0, 0.05) is 25.0 Å². The van der Waals surface area contributed by atoms with E-state index < -0.39 is 0 Å². The van der Waals surface area contributed by atoms with Gasteiger partial charge in [-0.15, -0.1) is 6.58 Å². The van der Waals surface area contributed by atoms with E-state index in [1.165, 1.54) is 0 Å². The fourth-order valence-electron chi connectivity index (χ4n) is 0.978. The van der Waals surface area contributed by atoms with Crippen LogP contribution in [-0.2, 0) is 0 Å². The number of hydrogen-bond donors (Lipinski definition) is 2. The molecule has 1 rings (SSSR count). The summed E-state index contributed by atoms with van der Waals surface area (Å²) >= 11 is 0. The zero-order chi connectivity index (χ0) is 5.98. The Balaban J connectivity index is 2.41. The lowest BCUT2D eigenvalue weighted by atomic mass is 10.1. The Labute approximate surface area is 49.8 Å². The third-order valence-corrected chi connectivity index (χ3v) is 1.61. The van der Waals surface area contributed by atoms with Gasteiger partial charge in [-0.3, -0.25) is 0 Å². The van der Waals surface area contributed by atoms with Gasteiger partial charge in [0.15, 0.2) is 0 Å². The van der Waals surface area contributed by atoms with Gasteiger partial charge in [0.05, 0.1) is 0 Å². The maximum Gasteiger partial charge on any atom is 0.0241 e. The Hall–Kier alpha value is -0.340. The van der Waals surface area contributed by atoms with Crippen molar-refractivity contribution in [3.05, 3.63) is 12.7 Å². The van der Waals surface area contributed by atoms with Crippen LogP contribution in [0.4, 0.5) is 0 Å². The van der Waals surface area contributed by atoms with Crippen molar-refractivity contribution in [1.29, 1.82) is 0 Å². The Morgan fingerprint density at radius 3 is 2.62 bits per heavy atom. The van der Waals surface area contributed by atoms with Crippen LogP contribution in [0, 0.1) is 5.92 Å². The average Bonchev–Trinajstić information content (AvgIpc) is 2.14. The molecule has 3 N–H and O–H groups in total. The molecule has 2 nitrogen and oxygen atoms in total. The van der Waals surface area contributed by atoms with E-state index in [0.29, 0.717) is 12.0 Å². The molecule has 1 heterocycles. The Morgan fingerprint density at radius 1 is 1.62 bits per heavy atom.